The zero-order valence-electron chi connectivity index (χ0n) is 17.1. The van der Waals surface area contributed by atoms with Crippen molar-refractivity contribution in [3.8, 4) is 0 Å². The Hall–Kier alpha value is -2.19. The minimum absolute atomic E-state index is 0.138. The van der Waals surface area contributed by atoms with Crippen LogP contribution < -0.4 is 15.4 Å². The number of nitrogens with zero attached hydrogens (tertiary/aromatic N) is 1. The molecule has 0 saturated heterocycles. The molecule has 1 aliphatic rings. The van der Waals surface area contributed by atoms with E-state index in [1.807, 2.05) is 0 Å². The van der Waals surface area contributed by atoms with Crippen LogP contribution in [0.15, 0.2) is 17.1 Å². The van der Waals surface area contributed by atoms with Crippen molar-refractivity contribution in [3.05, 3.63) is 21.9 Å². The van der Waals surface area contributed by atoms with E-state index in [0.29, 0.717) is 43.1 Å². The molecule has 2 rings (SSSR count). The van der Waals surface area contributed by atoms with Gasteiger partial charge in [0.15, 0.2) is 11.7 Å². The topological polar surface area (TPSA) is 137 Å². The predicted molar refractivity (Wildman–Crippen MR) is 113 cm³/mol. The van der Waals surface area contributed by atoms with Gasteiger partial charge in [0, 0.05) is 35.7 Å². The van der Waals surface area contributed by atoms with Crippen molar-refractivity contribution in [2.45, 2.75) is 50.7 Å². The highest BCUT2D eigenvalue weighted by molar-refractivity contribution is 7.89. The second kappa shape index (κ2) is 11.6. The Balaban J connectivity index is 1.78. The molecule has 2 heterocycles. The minimum atomic E-state index is -4.97. The number of guanidine groups is 1. The fourth-order valence-electron chi connectivity index (χ4n) is 2.92. The molecule has 0 fully saturated rings. The molecular formula is C18H25F3N4O5S2. The second-order valence-corrected chi connectivity index (χ2v) is 10.2. The molecule has 1 aromatic heterocycles. The predicted octanol–water partition coefficient (Wildman–Crippen LogP) is 1.40. The average molecular weight is 499 g/mol. The molecule has 9 nitrogen and oxygen atoms in total. The molecule has 0 spiro atoms. The highest BCUT2D eigenvalue weighted by Gasteiger charge is 2.37. The standard InChI is InChI=1S/C18H25F3N4O5S2/c19-18(20,21)11-32(29,30)25-14(16(27)28)10-13-7-6-12(31-13)4-1-2-5-15(26)24-17-22-8-3-9-23-17/h6-7,14,25H,1-5,8-11H2,(H,27,28)(H2,22,23,24,26). The van der Waals surface area contributed by atoms with Crippen molar-refractivity contribution in [2.24, 2.45) is 4.99 Å². The zero-order valence-corrected chi connectivity index (χ0v) is 18.7. The van der Waals surface area contributed by atoms with E-state index in [1.165, 1.54) is 11.3 Å². The van der Waals surface area contributed by atoms with Crippen LogP contribution in [0.25, 0.3) is 0 Å². The van der Waals surface area contributed by atoms with Crippen molar-refractivity contribution in [3.63, 3.8) is 0 Å². The van der Waals surface area contributed by atoms with Gasteiger partial charge >= 0.3 is 12.1 Å². The number of aryl methyl sites for hydroxylation is 1. The van der Waals surface area contributed by atoms with Crippen LogP contribution in [-0.2, 0) is 32.5 Å². The van der Waals surface area contributed by atoms with Crippen molar-refractivity contribution in [1.82, 2.24) is 15.4 Å². The summed E-state index contributed by atoms with van der Waals surface area (Å²) in [5.41, 5.74) is 0. The number of hydrogen-bond donors (Lipinski definition) is 4. The van der Waals surface area contributed by atoms with E-state index in [-0.39, 0.29) is 12.3 Å². The highest BCUT2D eigenvalue weighted by atomic mass is 32.2. The smallest absolute Gasteiger partial charge is 0.404 e. The number of halogens is 3. The lowest BCUT2D eigenvalue weighted by molar-refractivity contribution is -0.139. The lowest BCUT2D eigenvalue weighted by atomic mass is 10.1. The zero-order chi connectivity index (χ0) is 23.8. The van der Waals surface area contributed by atoms with Crippen LogP contribution in [0.4, 0.5) is 13.2 Å². The summed E-state index contributed by atoms with van der Waals surface area (Å²) in [6.07, 6.45) is -2.03. The number of carbonyl (C=O) groups excluding carboxylic acids is 1. The largest absolute Gasteiger partial charge is 0.480 e. The summed E-state index contributed by atoms with van der Waals surface area (Å²) in [6, 6.07) is 1.67. The molecule has 1 unspecified atom stereocenters. The van der Waals surface area contributed by atoms with Crippen LogP contribution in [0.2, 0.25) is 0 Å². The molecule has 1 aromatic rings. The Morgan fingerprint density at radius 3 is 2.59 bits per heavy atom. The summed E-state index contributed by atoms with van der Waals surface area (Å²) in [7, 11) is -4.84. The van der Waals surface area contributed by atoms with Gasteiger partial charge in [-0.05, 0) is 37.8 Å². The summed E-state index contributed by atoms with van der Waals surface area (Å²) >= 11 is 1.26. The van der Waals surface area contributed by atoms with E-state index in [4.69, 9.17) is 0 Å². The quantitative estimate of drug-likeness (QED) is 0.341. The summed E-state index contributed by atoms with van der Waals surface area (Å²) in [5.74, 6) is -3.35. The van der Waals surface area contributed by atoms with E-state index in [1.54, 1.807) is 16.9 Å². The first-order valence-corrected chi connectivity index (χ1v) is 12.4. The SMILES string of the molecule is O=C(CCCCc1ccc(CC(NS(=O)(=O)CC(F)(F)F)C(=O)O)s1)NC1=NCCCN1. The van der Waals surface area contributed by atoms with Crippen LogP contribution in [0.3, 0.4) is 0 Å². The average Bonchev–Trinajstić information content (AvgIpc) is 3.10. The van der Waals surface area contributed by atoms with Gasteiger partial charge in [-0.15, -0.1) is 11.3 Å². The van der Waals surface area contributed by atoms with Crippen LogP contribution in [0, 0.1) is 0 Å². The number of thiophene rings is 1. The van der Waals surface area contributed by atoms with Gasteiger partial charge in [0.2, 0.25) is 15.9 Å². The Kier molecular flexibility index (Phi) is 9.46. The lowest BCUT2D eigenvalue weighted by Gasteiger charge is -2.15. The van der Waals surface area contributed by atoms with Crippen molar-refractivity contribution in [2.75, 3.05) is 18.8 Å². The van der Waals surface area contributed by atoms with Gasteiger partial charge in [-0.25, -0.2) is 13.1 Å². The fraction of sp³-hybridized carbons (Fsp3) is 0.611. The number of alkyl halides is 3. The summed E-state index contributed by atoms with van der Waals surface area (Å²) in [4.78, 5) is 28.8. The molecule has 1 aliphatic heterocycles. The molecule has 32 heavy (non-hydrogen) atoms. The Morgan fingerprint density at radius 2 is 1.97 bits per heavy atom. The number of sulfonamides is 1. The fourth-order valence-corrected chi connectivity index (χ4v) is 5.15. The van der Waals surface area contributed by atoms with E-state index >= 15 is 0 Å². The first kappa shape index (κ1) is 26.1. The van der Waals surface area contributed by atoms with Gasteiger partial charge in [-0.3, -0.25) is 19.9 Å². The normalized spacial score (nSPS) is 15.5. The Morgan fingerprint density at radius 1 is 1.25 bits per heavy atom. The van der Waals surface area contributed by atoms with Gasteiger partial charge < -0.3 is 10.4 Å². The second-order valence-electron chi connectivity index (χ2n) is 7.22. The first-order chi connectivity index (χ1) is 14.9. The molecule has 0 radical (unpaired) electrons. The number of unbranched alkanes of at least 4 members (excludes halogenated alkanes) is 1. The molecule has 0 saturated carbocycles. The van der Waals surface area contributed by atoms with E-state index in [2.05, 4.69) is 15.6 Å². The molecule has 4 N–H and O–H groups in total. The van der Waals surface area contributed by atoms with Crippen LogP contribution in [0.1, 0.15) is 35.4 Å². The maximum absolute atomic E-state index is 12.3. The number of carbonyl (C=O) groups is 2. The molecule has 1 amide bonds. The number of carboxylic acids is 1. The first-order valence-electron chi connectivity index (χ1n) is 9.89. The van der Waals surface area contributed by atoms with Crippen molar-refractivity contribution >= 4 is 39.2 Å². The Labute approximate surface area is 187 Å². The highest BCUT2D eigenvalue weighted by Crippen LogP contribution is 2.22. The molecule has 0 aliphatic carbocycles. The minimum Gasteiger partial charge on any atom is -0.480 e. The molecule has 1 atom stereocenters. The molecule has 180 valence electrons. The van der Waals surface area contributed by atoms with Crippen molar-refractivity contribution < 1.29 is 36.3 Å². The number of carboxylic acid groups (broad SMARTS) is 1. The van der Waals surface area contributed by atoms with Gasteiger partial charge in [0.1, 0.15) is 6.04 Å². The van der Waals surface area contributed by atoms with Crippen LogP contribution >= 0.6 is 11.3 Å². The number of aliphatic carboxylic acids is 1. The van der Waals surface area contributed by atoms with Crippen LogP contribution in [-0.4, -0.2) is 62.4 Å². The number of hydrogen-bond acceptors (Lipinski definition) is 7. The summed E-state index contributed by atoms with van der Waals surface area (Å²) in [6.45, 7) is 1.45. The van der Waals surface area contributed by atoms with E-state index < -0.39 is 34.0 Å². The lowest BCUT2D eigenvalue weighted by Crippen LogP contribution is -2.45. The monoisotopic (exact) mass is 498 g/mol. The van der Waals surface area contributed by atoms with Crippen LogP contribution in [0.5, 0.6) is 0 Å². The van der Waals surface area contributed by atoms with Gasteiger partial charge in [0.05, 0.1) is 0 Å². The third-order valence-corrected chi connectivity index (χ3v) is 6.85. The van der Waals surface area contributed by atoms with Gasteiger partial charge in [-0.2, -0.15) is 13.2 Å². The summed E-state index contributed by atoms with van der Waals surface area (Å²) < 4.78 is 61.8. The van der Waals surface area contributed by atoms with E-state index in [0.717, 1.165) is 17.8 Å². The van der Waals surface area contributed by atoms with Gasteiger partial charge in [-0.1, -0.05) is 0 Å². The van der Waals surface area contributed by atoms with E-state index in [9.17, 15) is 36.3 Å². The molecule has 14 heteroatoms. The molecule has 0 bridgehead atoms. The number of aliphatic imine (C=N–C) groups is 1. The molecule has 0 aromatic carbocycles. The third-order valence-electron chi connectivity index (χ3n) is 4.33. The van der Waals surface area contributed by atoms with Crippen molar-refractivity contribution in [1.29, 1.82) is 0 Å². The maximum atomic E-state index is 12.3. The third kappa shape index (κ3) is 9.96. The number of amides is 1. The van der Waals surface area contributed by atoms with Gasteiger partial charge in [0.25, 0.3) is 0 Å². The Bertz CT molecular complexity index is 931. The molecular weight excluding hydrogens is 473 g/mol. The number of rotatable bonds is 11. The summed E-state index contributed by atoms with van der Waals surface area (Å²) in [5, 5.41) is 14.9. The maximum Gasteiger partial charge on any atom is 0.404 e. The number of nitrogens with one attached hydrogen (secondary N) is 3.